The van der Waals surface area contributed by atoms with Crippen LogP contribution in [0.2, 0.25) is 0 Å². The lowest BCUT2D eigenvalue weighted by molar-refractivity contribution is -0.116. The van der Waals surface area contributed by atoms with Gasteiger partial charge in [-0.1, -0.05) is 30.3 Å². The van der Waals surface area contributed by atoms with E-state index in [0.29, 0.717) is 5.69 Å². The molecule has 0 aliphatic rings. The van der Waals surface area contributed by atoms with Crippen molar-refractivity contribution in [2.45, 2.75) is 6.54 Å². The molecule has 2 aromatic rings. The molecule has 0 saturated heterocycles. The van der Waals surface area contributed by atoms with E-state index in [4.69, 9.17) is 0 Å². The van der Waals surface area contributed by atoms with E-state index < -0.39 is 10.0 Å². The van der Waals surface area contributed by atoms with Crippen molar-refractivity contribution >= 4 is 27.3 Å². The number of amides is 1. The number of carbonyl (C=O) groups excluding carboxylic acids is 1. The number of nitrogens with one attached hydrogen (secondary N) is 1. The second kappa shape index (κ2) is 8.13. The van der Waals surface area contributed by atoms with Gasteiger partial charge in [0.25, 0.3) is 0 Å². The molecular formula is C18H23N3O3S. The molecule has 0 aliphatic heterocycles. The van der Waals surface area contributed by atoms with Crippen LogP contribution in [0.25, 0.3) is 0 Å². The standard InChI is InChI=1S/C18H23N3O3S/c1-20(2)17-11-9-16(10-12-17)19-18(22)14-21(25(3,23)24)13-15-7-5-4-6-8-15/h4-12H,13-14H2,1-3H3,(H,19,22). The number of hydrogen-bond acceptors (Lipinski definition) is 4. The number of carbonyl (C=O) groups is 1. The SMILES string of the molecule is CN(C)c1ccc(NC(=O)CN(Cc2ccccc2)S(C)(=O)=O)cc1. The topological polar surface area (TPSA) is 69.7 Å². The highest BCUT2D eigenvalue weighted by Crippen LogP contribution is 2.16. The number of hydrogen-bond donors (Lipinski definition) is 1. The molecule has 1 N–H and O–H groups in total. The van der Waals surface area contributed by atoms with Crippen molar-refractivity contribution < 1.29 is 13.2 Å². The van der Waals surface area contributed by atoms with Crippen molar-refractivity contribution in [3.8, 4) is 0 Å². The third kappa shape index (κ3) is 5.88. The van der Waals surface area contributed by atoms with Gasteiger partial charge in [-0.3, -0.25) is 4.79 Å². The molecule has 0 spiro atoms. The molecule has 0 saturated carbocycles. The van der Waals surface area contributed by atoms with Crippen LogP contribution in [0.15, 0.2) is 54.6 Å². The minimum absolute atomic E-state index is 0.159. The maximum absolute atomic E-state index is 12.3. The molecule has 0 aliphatic carbocycles. The number of anilines is 2. The lowest BCUT2D eigenvalue weighted by atomic mass is 10.2. The molecule has 0 fully saturated rings. The monoisotopic (exact) mass is 361 g/mol. The molecule has 0 aromatic heterocycles. The van der Waals surface area contributed by atoms with Crippen LogP contribution in [-0.2, 0) is 21.4 Å². The molecule has 1 amide bonds. The summed E-state index contributed by atoms with van der Waals surface area (Å²) in [5, 5.41) is 2.73. The van der Waals surface area contributed by atoms with Crippen molar-refractivity contribution in [2.24, 2.45) is 0 Å². The average Bonchev–Trinajstić information content (AvgIpc) is 2.55. The van der Waals surface area contributed by atoms with Gasteiger partial charge < -0.3 is 10.2 Å². The fraction of sp³-hybridized carbons (Fsp3) is 0.278. The van der Waals surface area contributed by atoms with Gasteiger partial charge in [0.05, 0.1) is 12.8 Å². The average molecular weight is 361 g/mol. The van der Waals surface area contributed by atoms with Crippen LogP contribution in [0.4, 0.5) is 11.4 Å². The van der Waals surface area contributed by atoms with Crippen molar-refractivity contribution in [1.29, 1.82) is 0 Å². The van der Waals surface area contributed by atoms with Crippen LogP contribution in [0, 0.1) is 0 Å². The van der Waals surface area contributed by atoms with E-state index >= 15 is 0 Å². The Balaban J connectivity index is 2.04. The molecule has 7 heteroatoms. The first-order valence-corrected chi connectivity index (χ1v) is 9.67. The summed E-state index contributed by atoms with van der Waals surface area (Å²) < 4.78 is 25.1. The Labute approximate surface area is 149 Å². The minimum atomic E-state index is -3.50. The lowest BCUT2D eigenvalue weighted by Crippen LogP contribution is -2.36. The Hall–Kier alpha value is -2.38. The summed E-state index contributed by atoms with van der Waals surface area (Å²) in [6.07, 6.45) is 1.11. The summed E-state index contributed by atoms with van der Waals surface area (Å²) in [5.74, 6) is -0.376. The first kappa shape index (κ1) is 19.0. The minimum Gasteiger partial charge on any atom is -0.378 e. The van der Waals surface area contributed by atoms with Crippen molar-refractivity contribution in [3.63, 3.8) is 0 Å². The van der Waals surface area contributed by atoms with Crippen LogP contribution in [-0.4, -0.2) is 45.5 Å². The summed E-state index contributed by atoms with van der Waals surface area (Å²) in [6, 6.07) is 16.5. The van der Waals surface area contributed by atoms with Crippen LogP contribution < -0.4 is 10.2 Å². The number of rotatable bonds is 7. The van der Waals surface area contributed by atoms with Gasteiger partial charge in [0.2, 0.25) is 15.9 Å². The summed E-state index contributed by atoms with van der Waals surface area (Å²) in [4.78, 5) is 14.2. The van der Waals surface area contributed by atoms with E-state index in [-0.39, 0.29) is 19.0 Å². The Morgan fingerprint density at radius 3 is 2.12 bits per heavy atom. The predicted molar refractivity (Wildman–Crippen MR) is 101 cm³/mol. The molecule has 2 rings (SSSR count). The predicted octanol–water partition coefficient (Wildman–Crippen LogP) is 2.15. The maximum atomic E-state index is 12.3. The Kier molecular flexibility index (Phi) is 6.17. The molecule has 0 bridgehead atoms. The number of nitrogens with zero attached hydrogens (tertiary/aromatic N) is 2. The summed E-state index contributed by atoms with van der Waals surface area (Å²) in [5.41, 5.74) is 2.47. The summed E-state index contributed by atoms with van der Waals surface area (Å²) in [7, 11) is 0.361. The number of sulfonamides is 1. The van der Waals surface area contributed by atoms with Crippen molar-refractivity contribution in [1.82, 2.24) is 4.31 Å². The maximum Gasteiger partial charge on any atom is 0.239 e. The Bertz CT molecular complexity index is 803. The summed E-state index contributed by atoms with van der Waals surface area (Å²) in [6.45, 7) is -0.0736. The first-order chi connectivity index (χ1) is 11.8. The second-order valence-corrected chi connectivity index (χ2v) is 7.99. The highest BCUT2D eigenvalue weighted by Gasteiger charge is 2.20. The third-order valence-electron chi connectivity index (χ3n) is 3.66. The van der Waals surface area contributed by atoms with E-state index in [1.165, 1.54) is 0 Å². The largest absolute Gasteiger partial charge is 0.378 e. The van der Waals surface area contributed by atoms with Crippen molar-refractivity contribution in [2.75, 3.05) is 37.1 Å². The molecule has 0 heterocycles. The zero-order valence-electron chi connectivity index (χ0n) is 14.6. The zero-order chi connectivity index (χ0) is 18.4. The number of benzene rings is 2. The van der Waals surface area contributed by atoms with E-state index in [1.807, 2.05) is 61.5 Å². The van der Waals surface area contributed by atoms with Gasteiger partial charge in [0.15, 0.2) is 0 Å². The molecular weight excluding hydrogens is 338 g/mol. The van der Waals surface area contributed by atoms with Gasteiger partial charge >= 0.3 is 0 Å². The van der Waals surface area contributed by atoms with E-state index in [1.54, 1.807) is 12.1 Å². The molecule has 0 atom stereocenters. The lowest BCUT2D eigenvalue weighted by Gasteiger charge is -2.20. The van der Waals surface area contributed by atoms with Crippen molar-refractivity contribution in [3.05, 3.63) is 60.2 Å². The molecule has 2 aromatic carbocycles. The van der Waals surface area contributed by atoms with Gasteiger partial charge in [0.1, 0.15) is 0 Å². The first-order valence-electron chi connectivity index (χ1n) is 7.82. The van der Waals surface area contributed by atoms with Crippen LogP contribution in [0.1, 0.15) is 5.56 Å². The highest BCUT2D eigenvalue weighted by molar-refractivity contribution is 7.88. The molecule has 0 radical (unpaired) electrons. The smallest absolute Gasteiger partial charge is 0.239 e. The van der Waals surface area contributed by atoms with Crippen LogP contribution in [0.5, 0.6) is 0 Å². The van der Waals surface area contributed by atoms with Crippen LogP contribution in [0.3, 0.4) is 0 Å². The van der Waals surface area contributed by atoms with Crippen LogP contribution >= 0.6 is 0 Å². The zero-order valence-corrected chi connectivity index (χ0v) is 15.5. The molecule has 25 heavy (non-hydrogen) atoms. The fourth-order valence-corrected chi connectivity index (χ4v) is 3.02. The Morgan fingerprint density at radius 2 is 1.60 bits per heavy atom. The van der Waals surface area contributed by atoms with Gasteiger partial charge in [-0.2, -0.15) is 4.31 Å². The van der Waals surface area contributed by atoms with Gasteiger partial charge in [-0.15, -0.1) is 0 Å². The summed E-state index contributed by atoms with van der Waals surface area (Å²) >= 11 is 0. The second-order valence-electron chi connectivity index (χ2n) is 6.01. The van der Waals surface area contributed by atoms with Gasteiger partial charge in [0, 0.05) is 32.0 Å². The highest BCUT2D eigenvalue weighted by atomic mass is 32.2. The van der Waals surface area contributed by atoms with E-state index in [2.05, 4.69) is 5.32 Å². The normalized spacial score (nSPS) is 11.4. The Morgan fingerprint density at radius 1 is 1.00 bits per heavy atom. The molecule has 134 valence electrons. The van der Waals surface area contributed by atoms with Gasteiger partial charge in [-0.05, 0) is 29.8 Å². The fourth-order valence-electron chi connectivity index (χ4n) is 2.28. The quantitative estimate of drug-likeness (QED) is 0.820. The van der Waals surface area contributed by atoms with E-state index in [9.17, 15) is 13.2 Å². The van der Waals surface area contributed by atoms with E-state index in [0.717, 1.165) is 21.8 Å². The van der Waals surface area contributed by atoms with Gasteiger partial charge in [-0.25, -0.2) is 8.42 Å². The third-order valence-corrected chi connectivity index (χ3v) is 4.85. The molecule has 6 nitrogen and oxygen atoms in total. The molecule has 0 unspecified atom stereocenters.